The van der Waals surface area contributed by atoms with Crippen molar-refractivity contribution < 1.29 is 14.6 Å². The van der Waals surface area contributed by atoms with Gasteiger partial charge in [0.25, 0.3) is 0 Å². The highest BCUT2D eigenvalue weighted by molar-refractivity contribution is 7.99. The second kappa shape index (κ2) is 13.0. The molecule has 1 aliphatic heterocycles. The van der Waals surface area contributed by atoms with Gasteiger partial charge in [-0.15, -0.1) is 11.8 Å². The minimum absolute atomic E-state index is 0.351. The molecular weight excluding hydrogens is 400 g/mol. The summed E-state index contributed by atoms with van der Waals surface area (Å²) < 4.78 is 10.8. The van der Waals surface area contributed by atoms with Crippen molar-refractivity contribution in [2.45, 2.75) is 31.3 Å². The Morgan fingerprint density at radius 3 is 2.77 bits per heavy atom. The summed E-state index contributed by atoms with van der Waals surface area (Å²) in [6.07, 6.45) is 0. The maximum Gasteiger partial charge on any atom is 0.191 e. The first-order valence-electron chi connectivity index (χ1n) is 10.7. The van der Waals surface area contributed by atoms with E-state index in [4.69, 9.17) is 9.47 Å². The summed E-state index contributed by atoms with van der Waals surface area (Å²) in [5, 5.41) is 17.4. The average molecular weight is 439 g/mol. The molecule has 0 amide bonds. The van der Waals surface area contributed by atoms with Crippen molar-refractivity contribution in [3.8, 4) is 5.75 Å². The van der Waals surface area contributed by atoms with E-state index in [0.29, 0.717) is 19.0 Å². The van der Waals surface area contributed by atoms with Crippen LogP contribution in [0.25, 0.3) is 0 Å². The molecule has 1 saturated heterocycles. The van der Waals surface area contributed by atoms with Crippen molar-refractivity contribution in [1.29, 1.82) is 0 Å². The number of hydrogen-bond donors (Lipinski definition) is 3. The van der Waals surface area contributed by atoms with E-state index in [1.807, 2.05) is 32.0 Å². The second-order valence-electron chi connectivity index (χ2n) is 8.03. The van der Waals surface area contributed by atoms with Crippen LogP contribution >= 0.6 is 11.8 Å². The van der Waals surface area contributed by atoms with Gasteiger partial charge in [0.15, 0.2) is 5.96 Å². The third kappa shape index (κ3) is 9.12. The maximum atomic E-state index is 10.8. The van der Waals surface area contributed by atoms with Crippen LogP contribution in [0.5, 0.6) is 5.75 Å². The molecule has 2 atom stereocenters. The Morgan fingerprint density at radius 2 is 2.07 bits per heavy atom. The number of aliphatic imine (C=N–C) groups is 1. The van der Waals surface area contributed by atoms with E-state index in [9.17, 15) is 5.11 Å². The highest BCUT2D eigenvalue weighted by Gasteiger charge is 2.25. The first-order chi connectivity index (χ1) is 14.4. The van der Waals surface area contributed by atoms with Crippen LogP contribution in [0, 0.1) is 5.92 Å². The van der Waals surface area contributed by atoms with E-state index in [1.165, 1.54) is 0 Å². The predicted octanol–water partition coefficient (Wildman–Crippen LogP) is 2.06. The largest absolute Gasteiger partial charge is 0.496 e. The number of ether oxygens (including phenoxy) is 2. The fraction of sp³-hybridized carbons (Fsp3) is 0.682. The molecule has 0 radical (unpaired) electrons. The molecule has 0 saturated carbocycles. The summed E-state index contributed by atoms with van der Waals surface area (Å²) in [7, 11) is 1.71. The molecule has 0 aliphatic carbocycles. The summed E-state index contributed by atoms with van der Waals surface area (Å²) in [4.78, 5) is 8.02. The number of nitrogens with one attached hydrogen (secondary N) is 2. The van der Waals surface area contributed by atoms with E-state index in [2.05, 4.69) is 33.5 Å². The molecule has 8 heteroatoms. The lowest BCUT2D eigenvalue weighted by atomic mass is 10.1. The fourth-order valence-corrected chi connectivity index (χ4v) is 4.23. The summed E-state index contributed by atoms with van der Waals surface area (Å²) >= 11 is 1.80. The number of para-hydroxylation sites is 1. The topological polar surface area (TPSA) is 78.4 Å². The van der Waals surface area contributed by atoms with Crippen LogP contribution in [-0.4, -0.2) is 86.9 Å². The van der Waals surface area contributed by atoms with Crippen LogP contribution in [0.4, 0.5) is 0 Å². The third-order valence-electron chi connectivity index (χ3n) is 4.80. The van der Waals surface area contributed by atoms with E-state index < -0.39 is 5.60 Å². The van der Waals surface area contributed by atoms with E-state index in [0.717, 1.165) is 61.8 Å². The van der Waals surface area contributed by atoms with Crippen LogP contribution in [0.1, 0.15) is 20.8 Å². The van der Waals surface area contributed by atoms with E-state index in [1.54, 1.807) is 18.9 Å². The van der Waals surface area contributed by atoms with Crippen LogP contribution in [0.15, 0.2) is 34.2 Å². The Bertz CT molecular complexity index is 651. The average Bonchev–Trinajstić information content (AvgIpc) is 2.74. The number of morpholine rings is 1. The number of hydrogen-bond acceptors (Lipinski definition) is 6. The summed E-state index contributed by atoms with van der Waals surface area (Å²) in [5.41, 5.74) is -0.870. The van der Waals surface area contributed by atoms with Crippen LogP contribution in [0.2, 0.25) is 0 Å². The molecule has 0 aromatic heterocycles. The van der Waals surface area contributed by atoms with Crippen molar-refractivity contribution in [1.82, 2.24) is 15.5 Å². The van der Waals surface area contributed by atoms with E-state index in [-0.39, 0.29) is 0 Å². The van der Waals surface area contributed by atoms with Gasteiger partial charge in [0.2, 0.25) is 0 Å². The number of benzene rings is 1. The van der Waals surface area contributed by atoms with Gasteiger partial charge in [-0.2, -0.15) is 0 Å². The molecule has 170 valence electrons. The van der Waals surface area contributed by atoms with Gasteiger partial charge in [-0.25, -0.2) is 0 Å². The Hall–Kier alpha value is -1.48. The Kier molecular flexibility index (Phi) is 10.8. The predicted molar refractivity (Wildman–Crippen MR) is 125 cm³/mol. The minimum atomic E-state index is -0.870. The molecule has 0 bridgehead atoms. The highest BCUT2D eigenvalue weighted by Crippen LogP contribution is 2.29. The zero-order valence-electron chi connectivity index (χ0n) is 18.8. The van der Waals surface area contributed by atoms with Gasteiger partial charge in [-0.1, -0.05) is 19.1 Å². The van der Waals surface area contributed by atoms with Crippen molar-refractivity contribution in [3.63, 3.8) is 0 Å². The lowest BCUT2D eigenvalue weighted by Gasteiger charge is -2.33. The Balaban J connectivity index is 1.80. The molecule has 2 rings (SSSR count). The molecule has 30 heavy (non-hydrogen) atoms. The molecule has 1 fully saturated rings. The van der Waals surface area contributed by atoms with Crippen LogP contribution in [-0.2, 0) is 4.74 Å². The SMILES string of the molecule is CCNC(=NCC(C)(O)CN1CCOCC1)NCC(C)CSc1ccccc1OC. The summed E-state index contributed by atoms with van der Waals surface area (Å²) in [6.45, 7) is 11.8. The lowest BCUT2D eigenvalue weighted by Crippen LogP contribution is -2.48. The minimum Gasteiger partial charge on any atom is -0.496 e. The molecular formula is C22H38N4O3S. The Labute approximate surface area is 185 Å². The van der Waals surface area contributed by atoms with Gasteiger partial charge in [-0.3, -0.25) is 9.89 Å². The molecule has 7 nitrogen and oxygen atoms in total. The van der Waals surface area contributed by atoms with Crippen LogP contribution < -0.4 is 15.4 Å². The molecule has 1 heterocycles. The van der Waals surface area contributed by atoms with Crippen molar-refractivity contribution in [2.24, 2.45) is 10.9 Å². The summed E-state index contributed by atoms with van der Waals surface area (Å²) in [5.74, 6) is 3.08. The van der Waals surface area contributed by atoms with Crippen molar-refractivity contribution in [2.75, 3.05) is 65.3 Å². The number of thioether (sulfide) groups is 1. The lowest BCUT2D eigenvalue weighted by molar-refractivity contribution is -0.0179. The summed E-state index contributed by atoms with van der Waals surface area (Å²) in [6, 6.07) is 8.10. The normalized spacial score (nSPS) is 18.5. The number of methoxy groups -OCH3 is 1. The molecule has 0 spiro atoms. The number of β-amino-alcohol motifs (C(OH)–C–C–N with tert-alkyl or cyclic N) is 1. The standard InChI is InChI=1S/C22H38N4O3S/c1-5-23-21(25-16-22(3,27)17-26-10-12-29-13-11-26)24-14-18(2)15-30-20-9-7-6-8-19(20)28-4/h6-9,18,27H,5,10-17H2,1-4H3,(H2,23,24,25). The highest BCUT2D eigenvalue weighted by atomic mass is 32.2. The zero-order chi connectivity index (χ0) is 21.8. The molecule has 2 unspecified atom stereocenters. The Morgan fingerprint density at radius 1 is 1.33 bits per heavy atom. The smallest absolute Gasteiger partial charge is 0.191 e. The number of rotatable bonds is 11. The fourth-order valence-electron chi connectivity index (χ4n) is 3.18. The van der Waals surface area contributed by atoms with Crippen LogP contribution in [0.3, 0.4) is 0 Å². The first kappa shape index (κ1) is 24.8. The monoisotopic (exact) mass is 438 g/mol. The maximum absolute atomic E-state index is 10.8. The zero-order valence-corrected chi connectivity index (χ0v) is 19.6. The van der Waals surface area contributed by atoms with Gasteiger partial charge in [-0.05, 0) is 31.9 Å². The number of aliphatic hydroxyl groups is 1. The van der Waals surface area contributed by atoms with Crippen molar-refractivity contribution in [3.05, 3.63) is 24.3 Å². The van der Waals surface area contributed by atoms with Gasteiger partial charge >= 0.3 is 0 Å². The third-order valence-corrected chi connectivity index (χ3v) is 6.18. The molecule has 1 aliphatic rings. The molecule has 1 aromatic carbocycles. The second-order valence-corrected chi connectivity index (χ2v) is 9.09. The van der Waals surface area contributed by atoms with Gasteiger partial charge in [0.1, 0.15) is 5.75 Å². The van der Waals surface area contributed by atoms with Gasteiger partial charge in [0.05, 0.1) is 32.5 Å². The van der Waals surface area contributed by atoms with Gasteiger partial charge in [0, 0.05) is 43.4 Å². The number of guanidine groups is 1. The molecule has 1 aromatic rings. The van der Waals surface area contributed by atoms with E-state index >= 15 is 0 Å². The molecule has 3 N–H and O–H groups in total. The number of nitrogens with zero attached hydrogens (tertiary/aromatic N) is 2. The quantitative estimate of drug-likeness (QED) is 0.277. The first-order valence-corrected chi connectivity index (χ1v) is 11.7. The van der Waals surface area contributed by atoms with Gasteiger partial charge < -0.3 is 25.2 Å². The van der Waals surface area contributed by atoms with Crippen molar-refractivity contribution >= 4 is 17.7 Å².